The Morgan fingerprint density at radius 3 is 2.35 bits per heavy atom. The largest absolute Gasteiger partial charge is 0.441 e. The predicted molar refractivity (Wildman–Crippen MR) is 81.1 cm³/mol. The minimum absolute atomic E-state index is 0.0961. The van der Waals surface area contributed by atoms with Crippen molar-refractivity contribution in [3.63, 3.8) is 0 Å². The second kappa shape index (κ2) is 6.54. The Bertz CT molecular complexity index is 830. The SMILES string of the molecule is CC.Cc1cnc(-c2ccc3nc(C(F)(F)F)c(Cl)nc3c2)o1. The van der Waals surface area contributed by atoms with Gasteiger partial charge >= 0.3 is 6.18 Å². The third-order valence-electron chi connectivity index (χ3n) is 2.76. The van der Waals surface area contributed by atoms with Gasteiger partial charge in [0.2, 0.25) is 5.89 Å². The number of aryl methyl sites for hydroxylation is 1. The van der Waals surface area contributed by atoms with E-state index in [0.29, 0.717) is 17.2 Å². The molecule has 0 aliphatic carbocycles. The Kier molecular flexibility index (Phi) is 4.89. The molecule has 0 aliphatic heterocycles. The average Bonchev–Trinajstić information content (AvgIpc) is 2.93. The van der Waals surface area contributed by atoms with Gasteiger partial charge in [0, 0.05) is 5.56 Å². The van der Waals surface area contributed by atoms with E-state index in [2.05, 4.69) is 15.0 Å². The number of fused-ring (bicyclic) bond motifs is 1. The summed E-state index contributed by atoms with van der Waals surface area (Å²) in [7, 11) is 0. The fraction of sp³-hybridized carbons (Fsp3) is 0.267. The number of hydrogen-bond acceptors (Lipinski definition) is 4. The molecular formula is C15H13ClF3N3O. The fourth-order valence-corrected chi connectivity index (χ4v) is 2.07. The summed E-state index contributed by atoms with van der Waals surface area (Å²) < 4.78 is 43.5. The van der Waals surface area contributed by atoms with E-state index in [1.807, 2.05) is 13.8 Å². The summed E-state index contributed by atoms with van der Waals surface area (Å²) in [5.74, 6) is 0.980. The van der Waals surface area contributed by atoms with Crippen LogP contribution in [-0.2, 0) is 6.18 Å². The van der Waals surface area contributed by atoms with Gasteiger partial charge in [0.15, 0.2) is 10.8 Å². The van der Waals surface area contributed by atoms with Crippen LogP contribution in [0.4, 0.5) is 13.2 Å². The highest BCUT2D eigenvalue weighted by Crippen LogP contribution is 2.33. The molecule has 122 valence electrons. The molecule has 0 atom stereocenters. The van der Waals surface area contributed by atoms with E-state index < -0.39 is 17.0 Å². The molecule has 0 amide bonds. The van der Waals surface area contributed by atoms with Crippen LogP contribution in [0.5, 0.6) is 0 Å². The van der Waals surface area contributed by atoms with Crippen molar-refractivity contribution in [2.75, 3.05) is 0 Å². The molecule has 0 saturated heterocycles. The third-order valence-corrected chi connectivity index (χ3v) is 3.02. The van der Waals surface area contributed by atoms with Crippen molar-refractivity contribution in [3.05, 3.63) is 41.0 Å². The van der Waals surface area contributed by atoms with Gasteiger partial charge in [-0.15, -0.1) is 0 Å². The van der Waals surface area contributed by atoms with Crippen molar-refractivity contribution in [3.8, 4) is 11.5 Å². The summed E-state index contributed by atoms with van der Waals surface area (Å²) in [5, 5.41) is -0.685. The van der Waals surface area contributed by atoms with Crippen molar-refractivity contribution in [2.24, 2.45) is 0 Å². The normalized spacial score (nSPS) is 11.3. The second-order valence-corrected chi connectivity index (χ2v) is 4.70. The molecule has 0 fully saturated rings. The molecule has 4 nitrogen and oxygen atoms in total. The Morgan fingerprint density at radius 2 is 1.78 bits per heavy atom. The topological polar surface area (TPSA) is 51.8 Å². The van der Waals surface area contributed by atoms with Gasteiger partial charge in [-0.2, -0.15) is 13.2 Å². The number of benzene rings is 1. The molecule has 0 radical (unpaired) electrons. The van der Waals surface area contributed by atoms with E-state index in [0.717, 1.165) is 0 Å². The molecule has 0 N–H and O–H groups in total. The molecule has 2 aromatic heterocycles. The van der Waals surface area contributed by atoms with E-state index in [1.165, 1.54) is 12.1 Å². The van der Waals surface area contributed by atoms with Crippen LogP contribution in [0, 0.1) is 6.92 Å². The van der Waals surface area contributed by atoms with Crippen LogP contribution in [0.3, 0.4) is 0 Å². The number of rotatable bonds is 1. The number of nitrogens with zero attached hydrogens (tertiary/aromatic N) is 3. The van der Waals surface area contributed by atoms with Crippen molar-refractivity contribution in [1.82, 2.24) is 15.0 Å². The van der Waals surface area contributed by atoms with Crippen LogP contribution >= 0.6 is 11.6 Å². The van der Waals surface area contributed by atoms with Gasteiger partial charge in [0.05, 0.1) is 17.2 Å². The summed E-state index contributed by atoms with van der Waals surface area (Å²) in [6, 6.07) is 4.51. The number of hydrogen-bond donors (Lipinski definition) is 0. The lowest BCUT2D eigenvalue weighted by Crippen LogP contribution is -2.10. The molecule has 0 bridgehead atoms. The van der Waals surface area contributed by atoms with Crippen molar-refractivity contribution in [2.45, 2.75) is 26.9 Å². The molecule has 2 heterocycles. The maximum Gasteiger partial charge on any atom is 0.436 e. The fourth-order valence-electron chi connectivity index (χ4n) is 1.83. The van der Waals surface area contributed by atoms with Crippen molar-refractivity contribution < 1.29 is 17.6 Å². The maximum absolute atomic E-state index is 12.7. The first kappa shape index (κ1) is 17.2. The third kappa shape index (κ3) is 3.61. The molecular weight excluding hydrogens is 331 g/mol. The molecule has 0 spiro atoms. The number of aromatic nitrogens is 3. The van der Waals surface area contributed by atoms with Crippen LogP contribution in [0.15, 0.2) is 28.8 Å². The summed E-state index contributed by atoms with van der Waals surface area (Å²) in [5.41, 5.74) is -0.280. The highest BCUT2D eigenvalue weighted by Gasteiger charge is 2.36. The Balaban J connectivity index is 0.000000924. The van der Waals surface area contributed by atoms with Gasteiger partial charge in [0.25, 0.3) is 0 Å². The summed E-state index contributed by atoms with van der Waals surface area (Å²) in [6.07, 6.45) is -3.10. The van der Waals surface area contributed by atoms with Crippen LogP contribution in [0.1, 0.15) is 25.3 Å². The molecule has 0 unspecified atom stereocenters. The first-order valence-corrected chi connectivity index (χ1v) is 7.20. The number of halogens is 4. The zero-order valence-electron chi connectivity index (χ0n) is 12.6. The highest BCUT2D eigenvalue weighted by atomic mass is 35.5. The first-order chi connectivity index (χ1) is 10.8. The first-order valence-electron chi connectivity index (χ1n) is 6.82. The van der Waals surface area contributed by atoms with Crippen molar-refractivity contribution >= 4 is 22.6 Å². The van der Waals surface area contributed by atoms with Crippen LogP contribution in [0.25, 0.3) is 22.5 Å². The lowest BCUT2D eigenvalue weighted by Gasteiger charge is -2.08. The zero-order valence-corrected chi connectivity index (χ0v) is 13.3. The minimum Gasteiger partial charge on any atom is -0.441 e. The summed E-state index contributed by atoms with van der Waals surface area (Å²) in [4.78, 5) is 11.3. The number of oxazole rings is 1. The van der Waals surface area contributed by atoms with Gasteiger partial charge in [-0.25, -0.2) is 15.0 Å². The standard InChI is InChI=1S/C13H7ClF3N3O.C2H6/c1-6-5-18-12(21-6)7-2-3-8-9(4-7)20-11(14)10(19-8)13(15,16)17;1-2/h2-5H,1H3;1-2H3. The minimum atomic E-state index is -4.64. The van der Waals surface area contributed by atoms with E-state index in [1.54, 1.807) is 19.2 Å². The maximum atomic E-state index is 12.7. The van der Waals surface area contributed by atoms with E-state index in [-0.39, 0.29) is 11.0 Å². The summed E-state index contributed by atoms with van der Waals surface area (Å²) >= 11 is 5.56. The monoisotopic (exact) mass is 343 g/mol. The highest BCUT2D eigenvalue weighted by molar-refractivity contribution is 6.30. The summed E-state index contributed by atoms with van der Waals surface area (Å²) in [6.45, 7) is 5.74. The Morgan fingerprint density at radius 1 is 1.09 bits per heavy atom. The number of alkyl halides is 3. The van der Waals surface area contributed by atoms with Crippen LogP contribution in [-0.4, -0.2) is 15.0 Å². The van der Waals surface area contributed by atoms with Crippen LogP contribution in [0.2, 0.25) is 5.15 Å². The molecule has 0 saturated carbocycles. The van der Waals surface area contributed by atoms with Gasteiger partial charge in [-0.3, -0.25) is 0 Å². The van der Waals surface area contributed by atoms with Gasteiger partial charge in [0.1, 0.15) is 5.76 Å². The molecule has 23 heavy (non-hydrogen) atoms. The lowest BCUT2D eigenvalue weighted by atomic mass is 10.2. The molecule has 8 heteroatoms. The second-order valence-electron chi connectivity index (χ2n) is 4.34. The molecule has 1 aromatic carbocycles. The van der Waals surface area contributed by atoms with Gasteiger partial charge in [-0.1, -0.05) is 25.4 Å². The van der Waals surface area contributed by atoms with Crippen molar-refractivity contribution in [1.29, 1.82) is 0 Å². The van der Waals surface area contributed by atoms with E-state index in [9.17, 15) is 13.2 Å². The average molecular weight is 344 g/mol. The van der Waals surface area contributed by atoms with Gasteiger partial charge < -0.3 is 4.42 Å². The lowest BCUT2D eigenvalue weighted by molar-refractivity contribution is -0.141. The van der Waals surface area contributed by atoms with E-state index in [4.69, 9.17) is 16.0 Å². The molecule has 3 rings (SSSR count). The zero-order chi connectivity index (χ0) is 17.2. The van der Waals surface area contributed by atoms with Gasteiger partial charge in [-0.05, 0) is 25.1 Å². The molecule has 3 aromatic rings. The van der Waals surface area contributed by atoms with E-state index >= 15 is 0 Å². The Hall–Kier alpha value is -2.15. The Labute approximate surface area is 135 Å². The van der Waals surface area contributed by atoms with Crippen LogP contribution < -0.4 is 0 Å². The molecule has 0 aliphatic rings. The smallest absolute Gasteiger partial charge is 0.436 e. The quantitative estimate of drug-likeness (QED) is 0.602. The predicted octanol–water partition coefficient (Wildman–Crippen LogP) is 5.29.